The van der Waals surface area contributed by atoms with Crippen molar-refractivity contribution in [3.05, 3.63) is 71.1 Å². The molecule has 0 fully saturated rings. The predicted octanol–water partition coefficient (Wildman–Crippen LogP) is 4.83. The molecular formula is C20H19ClN4O2. The van der Waals surface area contributed by atoms with Gasteiger partial charge >= 0.3 is 0 Å². The average molecular weight is 383 g/mol. The lowest BCUT2D eigenvalue weighted by atomic mass is 10.2. The Morgan fingerprint density at radius 3 is 2.52 bits per heavy atom. The van der Waals surface area contributed by atoms with E-state index in [1.54, 1.807) is 18.2 Å². The van der Waals surface area contributed by atoms with Gasteiger partial charge < -0.3 is 15.4 Å². The fraction of sp³-hybridized carbons (Fsp3) is 0.150. The molecule has 138 valence electrons. The molecular weight excluding hydrogens is 364 g/mol. The summed E-state index contributed by atoms with van der Waals surface area (Å²) in [4.78, 5) is 20.6. The van der Waals surface area contributed by atoms with Gasteiger partial charge in [0.15, 0.2) is 0 Å². The molecule has 0 aliphatic heterocycles. The van der Waals surface area contributed by atoms with Gasteiger partial charge in [-0.3, -0.25) is 4.79 Å². The summed E-state index contributed by atoms with van der Waals surface area (Å²) in [6, 6.07) is 14.4. The third-order valence-electron chi connectivity index (χ3n) is 3.77. The fourth-order valence-corrected chi connectivity index (χ4v) is 2.55. The van der Waals surface area contributed by atoms with Crippen LogP contribution in [0.2, 0.25) is 5.02 Å². The number of hydrogen-bond donors (Lipinski definition) is 2. The van der Waals surface area contributed by atoms with Crippen molar-refractivity contribution in [1.29, 1.82) is 0 Å². The van der Waals surface area contributed by atoms with Crippen molar-refractivity contribution in [2.75, 3.05) is 17.2 Å². The van der Waals surface area contributed by atoms with E-state index in [4.69, 9.17) is 16.3 Å². The number of nitrogens with one attached hydrogen (secondary N) is 2. The van der Waals surface area contributed by atoms with Crippen LogP contribution in [0.3, 0.4) is 0 Å². The van der Waals surface area contributed by atoms with Gasteiger partial charge in [-0.2, -0.15) is 0 Å². The Kier molecular flexibility index (Phi) is 5.88. The molecule has 0 spiro atoms. The molecule has 1 amide bonds. The lowest BCUT2D eigenvalue weighted by Gasteiger charge is -2.09. The summed E-state index contributed by atoms with van der Waals surface area (Å²) in [5, 5.41) is 6.51. The van der Waals surface area contributed by atoms with Crippen LogP contribution in [0.4, 0.5) is 17.2 Å². The maximum absolute atomic E-state index is 12.4. The zero-order valence-electron chi connectivity index (χ0n) is 15.0. The van der Waals surface area contributed by atoms with E-state index in [1.807, 2.05) is 44.2 Å². The van der Waals surface area contributed by atoms with Gasteiger partial charge in [-0.05, 0) is 55.8 Å². The summed E-state index contributed by atoms with van der Waals surface area (Å²) in [6.07, 6.45) is 1.34. The van der Waals surface area contributed by atoms with Gasteiger partial charge in [-0.1, -0.05) is 17.7 Å². The Bertz CT molecular complexity index is 945. The normalized spacial score (nSPS) is 10.3. The quantitative estimate of drug-likeness (QED) is 0.638. The maximum Gasteiger partial charge on any atom is 0.274 e. The molecule has 1 heterocycles. The number of aryl methyl sites for hydroxylation is 1. The molecule has 0 unspecified atom stereocenters. The summed E-state index contributed by atoms with van der Waals surface area (Å²) >= 11 is 6.09. The van der Waals surface area contributed by atoms with Gasteiger partial charge in [0.25, 0.3) is 5.91 Å². The Morgan fingerprint density at radius 2 is 1.81 bits per heavy atom. The van der Waals surface area contributed by atoms with E-state index in [0.717, 1.165) is 17.0 Å². The molecule has 0 atom stereocenters. The van der Waals surface area contributed by atoms with Crippen molar-refractivity contribution in [1.82, 2.24) is 9.97 Å². The Balaban J connectivity index is 1.70. The van der Waals surface area contributed by atoms with Crippen molar-refractivity contribution in [3.63, 3.8) is 0 Å². The van der Waals surface area contributed by atoms with Crippen LogP contribution in [0.15, 0.2) is 54.9 Å². The third-order valence-corrected chi connectivity index (χ3v) is 4.17. The van der Waals surface area contributed by atoms with Crippen molar-refractivity contribution in [2.24, 2.45) is 0 Å². The number of hydrogen-bond acceptors (Lipinski definition) is 5. The van der Waals surface area contributed by atoms with Gasteiger partial charge in [0.2, 0.25) is 0 Å². The number of nitrogens with zero attached hydrogens (tertiary/aromatic N) is 2. The Hall–Kier alpha value is -3.12. The molecule has 0 aliphatic rings. The molecule has 2 N–H and O–H groups in total. The van der Waals surface area contributed by atoms with E-state index >= 15 is 0 Å². The number of anilines is 3. The van der Waals surface area contributed by atoms with Gasteiger partial charge in [0.1, 0.15) is 23.6 Å². The maximum atomic E-state index is 12.4. The zero-order chi connectivity index (χ0) is 19.2. The first-order chi connectivity index (χ1) is 13.0. The molecule has 27 heavy (non-hydrogen) atoms. The fourth-order valence-electron chi connectivity index (χ4n) is 2.36. The van der Waals surface area contributed by atoms with Crippen LogP contribution >= 0.6 is 11.6 Å². The van der Waals surface area contributed by atoms with Crippen LogP contribution in [0.1, 0.15) is 23.0 Å². The SMILES string of the molecule is CCOc1ccc(Nc2cc(C(=O)Nc3ccc(C)c(Cl)c3)ncn2)cc1. The Labute approximate surface area is 162 Å². The second-order valence-electron chi connectivity index (χ2n) is 5.79. The van der Waals surface area contributed by atoms with Crippen molar-refractivity contribution >= 4 is 34.7 Å². The third kappa shape index (κ3) is 4.95. The van der Waals surface area contributed by atoms with Crippen LogP contribution in [0, 0.1) is 6.92 Å². The summed E-state index contributed by atoms with van der Waals surface area (Å²) in [5.41, 5.74) is 2.62. The van der Waals surface area contributed by atoms with E-state index in [9.17, 15) is 4.79 Å². The number of carbonyl (C=O) groups excluding carboxylic acids is 1. The number of aromatic nitrogens is 2. The standard InChI is InChI=1S/C20H19ClN4O2/c1-3-27-16-8-6-14(7-9-16)24-19-11-18(22-12-23-19)20(26)25-15-5-4-13(2)17(21)10-15/h4-12H,3H2,1-2H3,(H,25,26)(H,22,23,24). The van der Waals surface area contributed by atoms with Crippen molar-refractivity contribution in [2.45, 2.75) is 13.8 Å². The highest BCUT2D eigenvalue weighted by Crippen LogP contribution is 2.21. The first-order valence-corrected chi connectivity index (χ1v) is 8.82. The lowest BCUT2D eigenvalue weighted by molar-refractivity contribution is 0.102. The topological polar surface area (TPSA) is 76.1 Å². The largest absolute Gasteiger partial charge is 0.494 e. The average Bonchev–Trinajstić information content (AvgIpc) is 2.67. The van der Waals surface area contributed by atoms with Gasteiger partial charge in [-0.25, -0.2) is 9.97 Å². The molecule has 3 rings (SSSR count). The number of amides is 1. The van der Waals surface area contributed by atoms with Crippen molar-refractivity contribution < 1.29 is 9.53 Å². The van der Waals surface area contributed by atoms with Crippen LogP contribution in [-0.4, -0.2) is 22.5 Å². The monoisotopic (exact) mass is 382 g/mol. The van der Waals surface area contributed by atoms with Crippen LogP contribution in [0.5, 0.6) is 5.75 Å². The summed E-state index contributed by atoms with van der Waals surface area (Å²) in [6.45, 7) is 4.45. The minimum Gasteiger partial charge on any atom is -0.494 e. The van der Waals surface area contributed by atoms with E-state index in [0.29, 0.717) is 23.1 Å². The zero-order valence-corrected chi connectivity index (χ0v) is 15.7. The summed E-state index contributed by atoms with van der Waals surface area (Å²) in [7, 11) is 0. The van der Waals surface area contributed by atoms with Crippen LogP contribution < -0.4 is 15.4 Å². The molecule has 0 radical (unpaired) electrons. The molecule has 0 saturated heterocycles. The van der Waals surface area contributed by atoms with E-state index in [-0.39, 0.29) is 11.6 Å². The van der Waals surface area contributed by atoms with Crippen LogP contribution in [0.25, 0.3) is 0 Å². The van der Waals surface area contributed by atoms with Gasteiger partial charge in [0.05, 0.1) is 6.61 Å². The first kappa shape index (κ1) is 18.7. The summed E-state index contributed by atoms with van der Waals surface area (Å²) in [5.74, 6) is 0.968. The van der Waals surface area contributed by atoms with E-state index in [1.165, 1.54) is 6.33 Å². The van der Waals surface area contributed by atoms with Gasteiger partial charge in [0, 0.05) is 22.5 Å². The second-order valence-corrected chi connectivity index (χ2v) is 6.20. The first-order valence-electron chi connectivity index (χ1n) is 8.44. The van der Waals surface area contributed by atoms with E-state index < -0.39 is 0 Å². The van der Waals surface area contributed by atoms with Crippen molar-refractivity contribution in [3.8, 4) is 5.75 Å². The molecule has 6 nitrogen and oxygen atoms in total. The highest BCUT2D eigenvalue weighted by atomic mass is 35.5. The molecule has 3 aromatic rings. The number of halogens is 1. The smallest absolute Gasteiger partial charge is 0.274 e. The highest BCUT2D eigenvalue weighted by Gasteiger charge is 2.10. The number of benzene rings is 2. The number of ether oxygens (including phenoxy) is 1. The second kappa shape index (κ2) is 8.51. The minimum atomic E-state index is -0.341. The number of carbonyl (C=O) groups is 1. The van der Waals surface area contributed by atoms with E-state index in [2.05, 4.69) is 20.6 Å². The Morgan fingerprint density at radius 1 is 1.07 bits per heavy atom. The molecule has 1 aromatic heterocycles. The molecule has 2 aromatic carbocycles. The highest BCUT2D eigenvalue weighted by molar-refractivity contribution is 6.31. The molecule has 0 bridgehead atoms. The number of rotatable bonds is 6. The van der Waals surface area contributed by atoms with Crippen LogP contribution in [-0.2, 0) is 0 Å². The predicted molar refractivity (Wildman–Crippen MR) is 107 cm³/mol. The van der Waals surface area contributed by atoms with Gasteiger partial charge in [-0.15, -0.1) is 0 Å². The molecule has 7 heteroatoms. The lowest BCUT2D eigenvalue weighted by Crippen LogP contribution is -2.14. The molecule has 0 aliphatic carbocycles. The molecule has 0 saturated carbocycles. The minimum absolute atomic E-state index is 0.245. The summed E-state index contributed by atoms with van der Waals surface area (Å²) < 4.78 is 5.42.